The van der Waals surface area contributed by atoms with E-state index in [2.05, 4.69) is 15.6 Å². The zero-order valence-corrected chi connectivity index (χ0v) is 20.8. The molecular formula is C29H22ClFN4O3. The van der Waals surface area contributed by atoms with Crippen LogP contribution in [-0.4, -0.2) is 33.6 Å². The highest BCUT2D eigenvalue weighted by atomic mass is 35.5. The fraction of sp³-hybridized carbons (Fsp3) is 0.103. The Morgan fingerprint density at radius 3 is 2.50 bits per heavy atom. The molecule has 1 aliphatic rings. The molecule has 1 aliphatic heterocycles. The third-order valence-corrected chi connectivity index (χ3v) is 6.49. The first-order valence-electron chi connectivity index (χ1n) is 11.8. The van der Waals surface area contributed by atoms with Gasteiger partial charge in [-0.2, -0.15) is 0 Å². The second-order valence-electron chi connectivity index (χ2n) is 8.79. The van der Waals surface area contributed by atoms with Gasteiger partial charge in [-0.1, -0.05) is 48.0 Å². The maximum absolute atomic E-state index is 14.5. The quantitative estimate of drug-likeness (QED) is 0.354. The van der Waals surface area contributed by atoms with Gasteiger partial charge in [0, 0.05) is 29.7 Å². The Balaban J connectivity index is 1.43. The standard InChI is InChI=1S/C29H22ClFN4O3/c30-21-12-13-22-24(16-21)33-28(37)25(15-20-5-1-2-6-23(20)31)35(29(22)38)17-18-8-10-19(11-9-18)27(36)34-26-7-3-4-14-32-26/h1-14,16,25H,15,17H2,(H,33,37)(H,32,34,36)/t25-/m1/s1. The van der Waals surface area contributed by atoms with E-state index < -0.39 is 23.7 Å². The first-order chi connectivity index (χ1) is 18.4. The molecule has 0 saturated heterocycles. The number of halogens is 2. The van der Waals surface area contributed by atoms with Gasteiger partial charge in [0.2, 0.25) is 5.91 Å². The first kappa shape index (κ1) is 25.1. The van der Waals surface area contributed by atoms with Crippen LogP contribution >= 0.6 is 11.6 Å². The maximum Gasteiger partial charge on any atom is 0.256 e. The monoisotopic (exact) mass is 528 g/mol. The number of carbonyl (C=O) groups is 3. The van der Waals surface area contributed by atoms with Crippen molar-refractivity contribution in [1.82, 2.24) is 9.88 Å². The molecule has 0 saturated carbocycles. The van der Waals surface area contributed by atoms with E-state index in [1.54, 1.807) is 79.0 Å². The summed E-state index contributed by atoms with van der Waals surface area (Å²) in [5.41, 5.74) is 2.00. The van der Waals surface area contributed by atoms with Crippen molar-refractivity contribution in [1.29, 1.82) is 0 Å². The lowest BCUT2D eigenvalue weighted by molar-refractivity contribution is -0.120. The molecule has 0 radical (unpaired) electrons. The Bertz CT molecular complexity index is 1510. The number of nitrogens with one attached hydrogen (secondary N) is 2. The highest BCUT2D eigenvalue weighted by Gasteiger charge is 2.36. The van der Waals surface area contributed by atoms with Crippen LogP contribution in [0.1, 0.15) is 31.8 Å². The Labute approximate surface area is 223 Å². The molecular weight excluding hydrogens is 507 g/mol. The number of anilines is 2. The van der Waals surface area contributed by atoms with Crippen molar-refractivity contribution in [3.63, 3.8) is 0 Å². The lowest BCUT2D eigenvalue weighted by atomic mass is 10.0. The van der Waals surface area contributed by atoms with Crippen molar-refractivity contribution >= 4 is 40.8 Å². The summed E-state index contributed by atoms with van der Waals surface area (Å²) in [5.74, 6) is -1.20. The minimum absolute atomic E-state index is 0.0173. The van der Waals surface area contributed by atoms with Crippen LogP contribution in [0.15, 0.2) is 91.1 Å². The lowest BCUT2D eigenvalue weighted by Gasteiger charge is -2.29. The zero-order valence-electron chi connectivity index (χ0n) is 20.0. The van der Waals surface area contributed by atoms with Gasteiger partial charge in [0.25, 0.3) is 11.8 Å². The van der Waals surface area contributed by atoms with Crippen molar-refractivity contribution in [2.75, 3.05) is 10.6 Å². The summed E-state index contributed by atoms with van der Waals surface area (Å²) >= 11 is 6.11. The van der Waals surface area contributed by atoms with E-state index in [1.807, 2.05) is 0 Å². The van der Waals surface area contributed by atoms with Crippen LogP contribution in [0.2, 0.25) is 5.02 Å². The SMILES string of the molecule is O=C(Nc1ccccn1)c1ccc(CN2C(=O)c3ccc(Cl)cc3NC(=O)[C@H]2Cc2ccccc2F)cc1. The Morgan fingerprint density at radius 2 is 1.76 bits per heavy atom. The van der Waals surface area contributed by atoms with E-state index in [4.69, 9.17) is 11.6 Å². The van der Waals surface area contributed by atoms with Crippen molar-refractivity contribution in [2.45, 2.75) is 19.0 Å². The smallest absolute Gasteiger partial charge is 0.256 e. The van der Waals surface area contributed by atoms with Crippen molar-refractivity contribution in [3.05, 3.63) is 124 Å². The summed E-state index contributed by atoms with van der Waals surface area (Å²) < 4.78 is 14.5. The molecule has 38 heavy (non-hydrogen) atoms. The fourth-order valence-corrected chi connectivity index (χ4v) is 4.47. The molecule has 4 aromatic rings. The third kappa shape index (κ3) is 5.40. The second-order valence-corrected chi connectivity index (χ2v) is 9.23. The van der Waals surface area contributed by atoms with Crippen LogP contribution in [0.4, 0.5) is 15.9 Å². The van der Waals surface area contributed by atoms with Gasteiger partial charge >= 0.3 is 0 Å². The van der Waals surface area contributed by atoms with E-state index in [1.165, 1.54) is 17.0 Å². The molecule has 0 fully saturated rings. The number of pyridine rings is 1. The molecule has 1 aromatic heterocycles. The molecule has 0 aliphatic carbocycles. The predicted octanol–water partition coefficient (Wildman–Crippen LogP) is 5.33. The summed E-state index contributed by atoms with van der Waals surface area (Å²) in [5, 5.41) is 5.87. The molecule has 2 heterocycles. The average Bonchev–Trinajstić information content (AvgIpc) is 3.00. The summed E-state index contributed by atoms with van der Waals surface area (Å²) in [6.45, 7) is 0.0651. The van der Waals surface area contributed by atoms with E-state index in [0.717, 1.165) is 0 Å². The van der Waals surface area contributed by atoms with Gasteiger partial charge in [-0.15, -0.1) is 0 Å². The molecule has 190 valence electrons. The molecule has 3 aromatic carbocycles. The van der Waals surface area contributed by atoms with E-state index >= 15 is 0 Å². The summed E-state index contributed by atoms with van der Waals surface area (Å²) in [4.78, 5) is 45.1. The molecule has 3 amide bonds. The molecule has 0 bridgehead atoms. The predicted molar refractivity (Wildman–Crippen MR) is 142 cm³/mol. The van der Waals surface area contributed by atoms with Crippen molar-refractivity contribution < 1.29 is 18.8 Å². The zero-order chi connectivity index (χ0) is 26.6. The van der Waals surface area contributed by atoms with Gasteiger partial charge in [0.05, 0.1) is 11.3 Å². The highest BCUT2D eigenvalue weighted by molar-refractivity contribution is 6.31. The number of hydrogen-bond acceptors (Lipinski definition) is 4. The van der Waals surface area contributed by atoms with Crippen LogP contribution in [0.5, 0.6) is 0 Å². The summed E-state index contributed by atoms with van der Waals surface area (Å²) in [6.07, 6.45) is 1.56. The van der Waals surface area contributed by atoms with Gasteiger partial charge in [0.1, 0.15) is 17.7 Å². The fourth-order valence-electron chi connectivity index (χ4n) is 4.30. The van der Waals surface area contributed by atoms with Crippen molar-refractivity contribution in [3.8, 4) is 0 Å². The third-order valence-electron chi connectivity index (χ3n) is 6.26. The number of rotatable bonds is 6. The molecule has 0 spiro atoms. The molecule has 7 nitrogen and oxygen atoms in total. The lowest BCUT2D eigenvalue weighted by Crippen LogP contribution is -2.46. The van der Waals surface area contributed by atoms with Crippen LogP contribution < -0.4 is 10.6 Å². The minimum Gasteiger partial charge on any atom is -0.323 e. The Morgan fingerprint density at radius 1 is 1.00 bits per heavy atom. The van der Waals surface area contributed by atoms with Gasteiger partial charge in [-0.3, -0.25) is 14.4 Å². The first-order valence-corrected chi connectivity index (χ1v) is 12.2. The van der Waals surface area contributed by atoms with Gasteiger partial charge in [0.15, 0.2) is 0 Å². The van der Waals surface area contributed by atoms with Crippen LogP contribution in [-0.2, 0) is 17.8 Å². The van der Waals surface area contributed by atoms with Crippen LogP contribution in [0.25, 0.3) is 0 Å². The largest absolute Gasteiger partial charge is 0.323 e. The molecule has 0 unspecified atom stereocenters. The average molecular weight is 529 g/mol. The van der Waals surface area contributed by atoms with Crippen molar-refractivity contribution in [2.24, 2.45) is 0 Å². The molecule has 2 N–H and O–H groups in total. The normalized spacial score (nSPS) is 14.9. The minimum atomic E-state index is -0.988. The van der Waals surface area contributed by atoms with Gasteiger partial charge in [-0.25, -0.2) is 9.37 Å². The number of nitrogens with zero attached hydrogens (tertiary/aromatic N) is 2. The summed E-state index contributed by atoms with van der Waals surface area (Å²) in [6, 6.07) is 21.7. The van der Waals surface area contributed by atoms with E-state index in [-0.39, 0.29) is 24.4 Å². The van der Waals surface area contributed by atoms with Crippen LogP contribution in [0, 0.1) is 5.82 Å². The maximum atomic E-state index is 14.5. The molecule has 1 atom stereocenters. The highest BCUT2D eigenvalue weighted by Crippen LogP contribution is 2.29. The van der Waals surface area contributed by atoms with E-state index in [0.29, 0.717) is 33.2 Å². The molecule has 9 heteroatoms. The number of hydrogen-bond donors (Lipinski definition) is 2. The number of benzene rings is 3. The second kappa shape index (κ2) is 10.8. The van der Waals surface area contributed by atoms with Gasteiger partial charge < -0.3 is 15.5 Å². The van der Waals surface area contributed by atoms with Crippen LogP contribution in [0.3, 0.4) is 0 Å². The molecule has 5 rings (SSSR count). The number of carbonyl (C=O) groups excluding carboxylic acids is 3. The topological polar surface area (TPSA) is 91.4 Å². The summed E-state index contributed by atoms with van der Waals surface area (Å²) in [7, 11) is 0. The number of fused-ring (bicyclic) bond motifs is 1. The Hall–Kier alpha value is -4.56. The van der Waals surface area contributed by atoms with Gasteiger partial charge in [-0.05, 0) is 59.7 Å². The Kier molecular flexibility index (Phi) is 7.15. The van der Waals surface area contributed by atoms with E-state index in [9.17, 15) is 18.8 Å². The number of amides is 3. The number of aromatic nitrogens is 1.